The van der Waals surface area contributed by atoms with Crippen LogP contribution < -0.4 is 40.8 Å². The minimum atomic E-state index is -0.276. The molecule has 3 N–H and O–H groups in total. The van der Waals surface area contributed by atoms with E-state index in [1.807, 2.05) is 36.4 Å². The number of quaternary nitrogens is 1. The first-order valence-corrected chi connectivity index (χ1v) is 14.7. The molecule has 0 aliphatic heterocycles. The van der Waals surface area contributed by atoms with E-state index in [0.717, 1.165) is 30.3 Å². The van der Waals surface area contributed by atoms with Gasteiger partial charge in [0.1, 0.15) is 0 Å². The van der Waals surface area contributed by atoms with Crippen LogP contribution in [-0.4, -0.2) is 49.9 Å². The van der Waals surface area contributed by atoms with Crippen LogP contribution >= 0.6 is 0 Å². The van der Waals surface area contributed by atoms with Crippen LogP contribution in [0.1, 0.15) is 62.0 Å². The number of carbonyl (C=O) groups is 3. The number of hydrogen-bond acceptors (Lipinski definition) is 3. The fourth-order valence-electron chi connectivity index (χ4n) is 4.58. The summed E-state index contributed by atoms with van der Waals surface area (Å²) in [4.78, 5) is 38.0. The van der Waals surface area contributed by atoms with Gasteiger partial charge in [-0.15, -0.1) is 0 Å². The summed E-state index contributed by atoms with van der Waals surface area (Å²) < 4.78 is 0.970. The van der Waals surface area contributed by atoms with E-state index in [4.69, 9.17) is 0 Å². The molecular weight excluding hydrogens is 607 g/mol. The van der Waals surface area contributed by atoms with E-state index in [0.29, 0.717) is 33.8 Å². The van der Waals surface area contributed by atoms with Crippen molar-refractivity contribution in [3.8, 4) is 0 Å². The Hall–Kier alpha value is -4.17. The molecule has 9 heteroatoms. The number of unbranched alkanes of at least 4 members (excludes halogenated alkanes) is 1. The largest absolute Gasteiger partial charge is 1.00 e. The number of nitrogens with one attached hydrogen (secondary N) is 3. The van der Waals surface area contributed by atoms with E-state index < -0.39 is 0 Å². The average Bonchev–Trinajstić information content (AvgIpc) is 3.00. The number of anilines is 3. The Morgan fingerprint density at radius 2 is 0.844 bits per heavy atom. The van der Waals surface area contributed by atoms with Crippen LogP contribution in [0.15, 0.2) is 97.1 Å². The van der Waals surface area contributed by atoms with Crippen molar-refractivity contribution in [2.75, 3.05) is 43.6 Å². The lowest BCUT2D eigenvalue weighted by Gasteiger charge is -2.23. The molecule has 0 bridgehead atoms. The predicted octanol–water partition coefficient (Wildman–Crippen LogP) is 1.04. The molecule has 0 unspecified atom stereocenters. The molecule has 4 aromatic rings. The number of benzene rings is 4. The van der Waals surface area contributed by atoms with E-state index in [1.165, 1.54) is 17.5 Å². The molecular formula is C36H41Cl2N4O3-. The summed E-state index contributed by atoms with van der Waals surface area (Å²) in [6.45, 7) is 3.21. The van der Waals surface area contributed by atoms with E-state index in [1.54, 1.807) is 60.7 Å². The Bertz CT molecular complexity index is 1530. The van der Waals surface area contributed by atoms with Gasteiger partial charge in [0, 0.05) is 33.8 Å². The highest BCUT2D eigenvalue weighted by Gasteiger charge is 2.11. The summed E-state index contributed by atoms with van der Waals surface area (Å²) in [6.07, 6.45) is 4.22. The van der Waals surface area contributed by atoms with Gasteiger partial charge in [-0.2, -0.15) is 0 Å². The highest BCUT2D eigenvalue weighted by Crippen LogP contribution is 2.18. The van der Waals surface area contributed by atoms with Crippen LogP contribution in [0.2, 0.25) is 0 Å². The number of amides is 3. The lowest BCUT2D eigenvalue weighted by Crippen LogP contribution is -3.00. The first kappa shape index (κ1) is 37.0. The third kappa shape index (κ3) is 11.7. The van der Waals surface area contributed by atoms with Gasteiger partial charge in [-0.1, -0.05) is 31.2 Å². The first-order valence-electron chi connectivity index (χ1n) is 14.7. The Balaban J connectivity index is 0.00000353. The second kappa shape index (κ2) is 17.4. The molecule has 0 spiro atoms. The molecule has 0 aliphatic carbocycles. The number of halogens is 2. The zero-order valence-corrected chi connectivity index (χ0v) is 27.7. The lowest BCUT2D eigenvalue weighted by molar-refractivity contribution is -0.870. The van der Waals surface area contributed by atoms with Crippen molar-refractivity contribution in [2.45, 2.75) is 32.6 Å². The van der Waals surface area contributed by atoms with Crippen molar-refractivity contribution in [3.05, 3.63) is 125 Å². The zero-order chi connectivity index (χ0) is 30.8. The molecule has 0 saturated carbocycles. The van der Waals surface area contributed by atoms with Crippen molar-refractivity contribution in [3.63, 3.8) is 0 Å². The lowest BCUT2D eigenvalue weighted by atomic mass is 10.1. The Morgan fingerprint density at radius 1 is 0.511 bits per heavy atom. The van der Waals surface area contributed by atoms with Crippen LogP contribution in [0.4, 0.5) is 17.1 Å². The Labute approximate surface area is 278 Å². The average molecular weight is 649 g/mol. The van der Waals surface area contributed by atoms with E-state index in [9.17, 15) is 14.4 Å². The summed E-state index contributed by atoms with van der Waals surface area (Å²) in [5.74, 6) is -0.661. The topological polar surface area (TPSA) is 87.3 Å². The number of carbonyl (C=O) groups excluding carboxylic acids is 3. The first-order chi connectivity index (χ1) is 20.6. The molecule has 238 valence electrons. The van der Waals surface area contributed by atoms with Gasteiger partial charge >= 0.3 is 0 Å². The molecule has 7 nitrogen and oxygen atoms in total. The van der Waals surface area contributed by atoms with E-state index in [2.05, 4.69) is 44.0 Å². The molecule has 0 fully saturated rings. The molecule has 3 amide bonds. The van der Waals surface area contributed by atoms with Crippen molar-refractivity contribution in [1.29, 1.82) is 0 Å². The molecule has 0 radical (unpaired) electrons. The van der Waals surface area contributed by atoms with E-state index in [-0.39, 0.29) is 42.5 Å². The fraction of sp³-hybridized carbons (Fsp3) is 0.250. The maximum Gasteiger partial charge on any atom is 0.255 e. The van der Waals surface area contributed by atoms with Gasteiger partial charge < -0.3 is 45.2 Å². The molecule has 0 aromatic heterocycles. The SMILES string of the molecule is CCc1ccc(C(=O)Nc2ccc(C(=O)Nc3ccc(NC(=O)c4ccc(CCCC[N+](C)(C)C)cc4)cc3)cc2)cc1.[Cl-].[Cl-]. The summed E-state index contributed by atoms with van der Waals surface area (Å²) >= 11 is 0. The van der Waals surface area contributed by atoms with Crippen molar-refractivity contribution in [2.24, 2.45) is 0 Å². The van der Waals surface area contributed by atoms with Gasteiger partial charge in [0.05, 0.1) is 27.7 Å². The second-order valence-corrected chi connectivity index (χ2v) is 11.7. The molecule has 4 aromatic carbocycles. The molecule has 4 rings (SSSR count). The Morgan fingerprint density at radius 3 is 1.20 bits per heavy atom. The van der Waals surface area contributed by atoms with Crippen LogP contribution in [0, 0.1) is 0 Å². The fourth-order valence-corrected chi connectivity index (χ4v) is 4.58. The van der Waals surface area contributed by atoms with Crippen LogP contribution in [0.3, 0.4) is 0 Å². The maximum atomic E-state index is 12.8. The molecule has 0 heterocycles. The van der Waals surface area contributed by atoms with Gasteiger partial charge in [-0.05, 0) is 110 Å². The summed E-state index contributed by atoms with van der Waals surface area (Å²) in [7, 11) is 6.61. The number of aryl methyl sites for hydroxylation is 2. The normalized spacial score (nSPS) is 10.6. The van der Waals surface area contributed by atoms with Crippen LogP contribution in [0.25, 0.3) is 0 Å². The minimum Gasteiger partial charge on any atom is -1.00 e. The predicted molar refractivity (Wildman–Crippen MR) is 175 cm³/mol. The monoisotopic (exact) mass is 647 g/mol. The summed E-state index contributed by atoms with van der Waals surface area (Å²) in [6, 6.07) is 29.0. The van der Waals surface area contributed by atoms with Crippen LogP contribution in [-0.2, 0) is 12.8 Å². The van der Waals surface area contributed by atoms with Crippen LogP contribution in [0.5, 0.6) is 0 Å². The van der Waals surface area contributed by atoms with Gasteiger partial charge in [-0.25, -0.2) is 0 Å². The van der Waals surface area contributed by atoms with Crippen molar-refractivity contribution < 1.29 is 43.7 Å². The maximum absolute atomic E-state index is 12.8. The third-order valence-electron chi connectivity index (χ3n) is 7.19. The zero-order valence-electron chi connectivity index (χ0n) is 26.2. The minimum absolute atomic E-state index is 0. The van der Waals surface area contributed by atoms with Gasteiger partial charge in [0.15, 0.2) is 0 Å². The quantitative estimate of drug-likeness (QED) is 0.159. The molecule has 45 heavy (non-hydrogen) atoms. The molecule has 0 atom stereocenters. The van der Waals surface area contributed by atoms with Gasteiger partial charge in [-0.3, -0.25) is 14.4 Å². The molecule has 0 aliphatic rings. The van der Waals surface area contributed by atoms with Gasteiger partial charge in [0.25, 0.3) is 17.7 Å². The number of hydrogen-bond donors (Lipinski definition) is 3. The standard InChI is InChI=1S/C36H40N4O3.2ClH/c1-5-26-9-13-28(14-10-26)34(41)37-31-19-17-30(18-20-31)36(43)39-33-23-21-32(22-24-33)38-35(42)29-15-11-27(12-16-29)8-6-7-25-40(2,3)4;;/h9-24H,5-8,25H2,1-4H3,(H2-,37,38,39,41,42,43);2*1H/p-1. The second-order valence-electron chi connectivity index (χ2n) is 11.7. The Kier molecular flexibility index (Phi) is 14.3. The number of rotatable bonds is 12. The van der Waals surface area contributed by atoms with Gasteiger partial charge in [0.2, 0.25) is 0 Å². The highest BCUT2D eigenvalue weighted by molar-refractivity contribution is 6.07. The van der Waals surface area contributed by atoms with Crippen molar-refractivity contribution >= 4 is 34.8 Å². The molecule has 0 saturated heterocycles. The summed E-state index contributed by atoms with van der Waals surface area (Å²) in [5, 5.41) is 8.63. The third-order valence-corrected chi connectivity index (χ3v) is 7.19. The summed E-state index contributed by atoms with van der Waals surface area (Å²) in [5.41, 5.74) is 5.88. The highest BCUT2D eigenvalue weighted by atomic mass is 35.5. The number of nitrogens with zero attached hydrogens (tertiary/aromatic N) is 1. The smallest absolute Gasteiger partial charge is 0.255 e. The van der Waals surface area contributed by atoms with Crippen molar-refractivity contribution in [1.82, 2.24) is 0 Å². The van der Waals surface area contributed by atoms with E-state index >= 15 is 0 Å².